The summed E-state index contributed by atoms with van der Waals surface area (Å²) in [4.78, 5) is 0. The van der Waals surface area contributed by atoms with Crippen LogP contribution in [0.2, 0.25) is 0 Å². The second-order valence-electron chi connectivity index (χ2n) is 4.00. The number of hydrogen-bond acceptors (Lipinski definition) is 1. The average Bonchev–Trinajstić information content (AvgIpc) is 1.84. The maximum atomic E-state index is 13.4. The summed E-state index contributed by atoms with van der Waals surface area (Å²) in [6.45, 7) is 7.49. The van der Waals surface area contributed by atoms with E-state index in [0.29, 0.717) is 12.3 Å². The van der Waals surface area contributed by atoms with Crippen LogP contribution in [0.5, 0.6) is 0 Å². The third-order valence-corrected chi connectivity index (χ3v) is 2.16. The molecular weight excluding hydrogens is 141 g/mol. The maximum absolute atomic E-state index is 13.4. The lowest BCUT2D eigenvalue weighted by Gasteiger charge is -2.25. The molecule has 0 heterocycles. The molecule has 0 fully saturated rings. The van der Waals surface area contributed by atoms with Crippen molar-refractivity contribution < 1.29 is 4.39 Å². The summed E-state index contributed by atoms with van der Waals surface area (Å²) in [6, 6.07) is -0.360. The summed E-state index contributed by atoms with van der Waals surface area (Å²) in [5.41, 5.74) is 4.29. The molecule has 2 N–H and O–H groups in total. The monoisotopic (exact) mass is 161 g/mol. The molecule has 2 heteroatoms. The fourth-order valence-corrected chi connectivity index (χ4v) is 0.799. The second kappa shape index (κ2) is 4.05. The van der Waals surface area contributed by atoms with Crippen molar-refractivity contribution in [2.75, 3.05) is 0 Å². The molecular formula is C9H20FN. The van der Waals surface area contributed by atoms with Gasteiger partial charge in [0.25, 0.3) is 0 Å². The lowest BCUT2D eigenvalue weighted by atomic mass is 9.92. The Balaban J connectivity index is 3.73. The van der Waals surface area contributed by atoms with Gasteiger partial charge in [0.15, 0.2) is 0 Å². The second-order valence-corrected chi connectivity index (χ2v) is 4.00. The third-order valence-electron chi connectivity index (χ3n) is 2.16. The van der Waals surface area contributed by atoms with Crippen molar-refractivity contribution in [3.05, 3.63) is 0 Å². The number of halogens is 1. The predicted molar refractivity (Wildman–Crippen MR) is 47.2 cm³/mol. The minimum atomic E-state index is -1.19. The van der Waals surface area contributed by atoms with E-state index in [-0.39, 0.29) is 6.04 Å². The number of alkyl halides is 1. The van der Waals surface area contributed by atoms with Gasteiger partial charge in [0, 0.05) is 6.04 Å². The Bertz CT molecular complexity index is 108. The highest BCUT2D eigenvalue weighted by molar-refractivity contribution is 4.82. The molecule has 0 aromatic carbocycles. The van der Waals surface area contributed by atoms with Gasteiger partial charge in [0.1, 0.15) is 5.67 Å². The first-order valence-electron chi connectivity index (χ1n) is 4.30. The van der Waals surface area contributed by atoms with Crippen molar-refractivity contribution in [2.24, 2.45) is 11.7 Å². The first-order valence-corrected chi connectivity index (χ1v) is 4.30. The molecule has 0 amide bonds. The highest BCUT2D eigenvalue weighted by atomic mass is 19.1. The highest BCUT2D eigenvalue weighted by Gasteiger charge is 2.27. The zero-order chi connectivity index (χ0) is 9.07. The molecule has 11 heavy (non-hydrogen) atoms. The molecule has 0 bridgehead atoms. The van der Waals surface area contributed by atoms with Gasteiger partial charge in [0.05, 0.1) is 0 Å². The largest absolute Gasteiger partial charge is 0.325 e. The molecule has 0 saturated carbocycles. The molecule has 0 aromatic rings. The summed E-state index contributed by atoms with van der Waals surface area (Å²) < 4.78 is 13.4. The molecule has 2 atom stereocenters. The van der Waals surface area contributed by atoms with Crippen LogP contribution in [0.4, 0.5) is 4.39 Å². The molecule has 0 radical (unpaired) electrons. The lowest BCUT2D eigenvalue weighted by Crippen LogP contribution is -2.39. The van der Waals surface area contributed by atoms with Crippen molar-refractivity contribution in [1.82, 2.24) is 0 Å². The highest BCUT2D eigenvalue weighted by Crippen LogP contribution is 2.22. The van der Waals surface area contributed by atoms with Crippen LogP contribution in [0.15, 0.2) is 0 Å². The van der Waals surface area contributed by atoms with Crippen LogP contribution in [0.3, 0.4) is 0 Å². The molecule has 0 spiro atoms. The van der Waals surface area contributed by atoms with E-state index in [1.54, 1.807) is 13.8 Å². The number of rotatable bonds is 4. The third kappa shape index (κ3) is 4.35. The predicted octanol–water partition coefficient (Wildman–Crippen LogP) is 2.50. The van der Waals surface area contributed by atoms with Crippen molar-refractivity contribution in [3.8, 4) is 0 Å². The van der Waals surface area contributed by atoms with E-state index in [2.05, 4.69) is 13.8 Å². The Morgan fingerprint density at radius 1 is 1.36 bits per heavy atom. The molecule has 0 aliphatic rings. The van der Waals surface area contributed by atoms with Gasteiger partial charge in [-0.05, 0) is 32.6 Å². The van der Waals surface area contributed by atoms with Crippen LogP contribution in [0.25, 0.3) is 0 Å². The quantitative estimate of drug-likeness (QED) is 0.673. The van der Waals surface area contributed by atoms with Crippen LogP contribution >= 0.6 is 0 Å². The number of hydrogen-bond donors (Lipinski definition) is 1. The number of nitrogens with two attached hydrogens (primary N) is 1. The average molecular weight is 161 g/mol. The van der Waals surface area contributed by atoms with E-state index < -0.39 is 5.67 Å². The SMILES string of the molecule is CC(C)CCC(C)(F)C(C)N. The Morgan fingerprint density at radius 2 is 1.82 bits per heavy atom. The van der Waals surface area contributed by atoms with E-state index in [1.807, 2.05) is 0 Å². The van der Waals surface area contributed by atoms with E-state index in [9.17, 15) is 4.39 Å². The Labute approximate surface area is 69.2 Å². The molecule has 2 unspecified atom stereocenters. The van der Waals surface area contributed by atoms with Gasteiger partial charge in [0.2, 0.25) is 0 Å². The summed E-state index contributed by atoms with van der Waals surface area (Å²) in [5, 5.41) is 0. The first-order chi connectivity index (χ1) is 4.86. The fourth-order valence-electron chi connectivity index (χ4n) is 0.799. The van der Waals surface area contributed by atoms with Crippen molar-refractivity contribution in [2.45, 2.75) is 52.2 Å². The van der Waals surface area contributed by atoms with Crippen molar-refractivity contribution in [3.63, 3.8) is 0 Å². The fraction of sp³-hybridized carbons (Fsp3) is 1.00. The molecule has 0 rings (SSSR count). The summed E-state index contributed by atoms with van der Waals surface area (Å²) in [6.07, 6.45) is 1.48. The molecule has 0 aliphatic heterocycles. The van der Waals surface area contributed by atoms with E-state index in [4.69, 9.17) is 5.73 Å². The summed E-state index contributed by atoms with van der Waals surface area (Å²) in [7, 11) is 0. The van der Waals surface area contributed by atoms with Crippen LogP contribution in [0.1, 0.15) is 40.5 Å². The Hall–Kier alpha value is -0.110. The zero-order valence-corrected chi connectivity index (χ0v) is 8.02. The summed E-state index contributed by atoms with van der Waals surface area (Å²) in [5.74, 6) is 0.559. The molecule has 0 saturated heterocycles. The Morgan fingerprint density at radius 3 is 2.09 bits per heavy atom. The smallest absolute Gasteiger partial charge is 0.123 e. The summed E-state index contributed by atoms with van der Waals surface area (Å²) >= 11 is 0. The van der Waals surface area contributed by atoms with Gasteiger partial charge in [-0.25, -0.2) is 4.39 Å². The molecule has 0 aliphatic carbocycles. The molecule has 68 valence electrons. The molecule has 0 aromatic heterocycles. The van der Waals surface area contributed by atoms with Crippen LogP contribution in [0, 0.1) is 5.92 Å². The van der Waals surface area contributed by atoms with Crippen LogP contribution < -0.4 is 5.73 Å². The van der Waals surface area contributed by atoms with Gasteiger partial charge in [-0.2, -0.15) is 0 Å². The van der Waals surface area contributed by atoms with Crippen LogP contribution in [-0.2, 0) is 0 Å². The van der Waals surface area contributed by atoms with Gasteiger partial charge in [-0.1, -0.05) is 13.8 Å². The maximum Gasteiger partial charge on any atom is 0.123 e. The minimum absolute atomic E-state index is 0.360. The van der Waals surface area contributed by atoms with E-state index in [0.717, 1.165) is 6.42 Å². The van der Waals surface area contributed by atoms with Crippen molar-refractivity contribution >= 4 is 0 Å². The zero-order valence-electron chi connectivity index (χ0n) is 8.02. The van der Waals surface area contributed by atoms with Crippen molar-refractivity contribution in [1.29, 1.82) is 0 Å². The van der Waals surface area contributed by atoms with E-state index >= 15 is 0 Å². The standard InChI is InChI=1S/C9H20FN/c1-7(2)5-6-9(4,10)8(3)11/h7-8H,5-6,11H2,1-4H3. The normalized spacial score (nSPS) is 19.9. The Kier molecular flexibility index (Phi) is 4.01. The first kappa shape index (κ1) is 10.9. The minimum Gasteiger partial charge on any atom is -0.325 e. The van der Waals surface area contributed by atoms with E-state index in [1.165, 1.54) is 0 Å². The van der Waals surface area contributed by atoms with Gasteiger partial charge >= 0.3 is 0 Å². The van der Waals surface area contributed by atoms with Crippen LogP contribution in [-0.4, -0.2) is 11.7 Å². The van der Waals surface area contributed by atoms with Gasteiger partial charge in [-0.3, -0.25) is 0 Å². The topological polar surface area (TPSA) is 26.0 Å². The lowest BCUT2D eigenvalue weighted by molar-refractivity contribution is 0.135. The van der Waals surface area contributed by atoms with Gasteiger partial charge in [-0.15, -0.1) is 0 Å². The molecule has 1 nitrogen and oxygen atoms in total. The van der Waals surface area contributed by atoms with Gasteiger partial charge < -0.3 is 5.73 Å².